The van der Waals surface area contributed by atoms with Crippen LogP contribution in [0.2, 0.25) is 0 Å². The Hall–Kier alpha value is -1.13. The zero-order valence-electron chi connectivity index (χ0n) is 11.5. The van der Waals surface area contributed by atoms with Crippen molar-refractivity contribution in [3.05, 3.63) is 29.6 Å². The van der Waals surface area contributed by atoms with Gasteiger partial charge < -0.3 is 15.2 Å². The van der Waals surface area contributed by atoms with Gasteiger partial charge in [0, 0.05) is 23.7 Å². The predicted octanol–water partition coefficient (Wildman–Crippen LogP) is 2.79. The Kier molecular flexibility index (Phi) is 4.77. The molecule has 2 N–H and O–H groups in total. The van der Waals surface area contributed by atoms with E-state index in [1.165, 1.54) is 13.2 Å². The van der Waals surface area contributed by atoms with Crippen LogP contribution in [0.4, 0.5) is 4.39 Å². The predicted molar refractivity (Wildman–Crippen MR) is 72.8 cm³/mol. The molecule has 0 aliphatic heterocycles. The molecule has 1 saturated carbocycles. The highest BCUT2D eigenvalue weighted by Gasteiger charge is 2.22. The van der Waals surface area contributed by atoms with Gasteiger partial charge in [0.05, 0.1) is 13.2 Å². The van der Waals surface area contributed by atoms with Gasteiger partial charge in [0.25, 0.3) is 0 Å². The van der Waals surface area contributed by atoms with Crippen LogP contribution in [0.1, 0.15) is 44.2 Å². The fourth-order valence-electron chi connectivity index (χ4n) is 2.67. The van der Waals surface area contributed by atoms with E-state index in [9.17, 15) is 9.50 Å². The van der Waals surface area contributed by atoms with Crippen molar-refractivity contribution in [3.63, 3.8) is 0 Å². The molecule has 0 aromatic heterocycles. The summed E-state index contributed by atoms with van der Waals surface area (Å²) in [6, 6.07) is 5.29. The molecule has 0 bridgehead atoms. The first-order valence-electron chi connectivity index (χ1n) is 6.87. The van der Waals surface area contributed by atoms with Crippen LogP contribution in [0.5, 0.6) is 5.75 Å². The molecule has 3 nitrogen and oxygen atoms in total. The van der Waals surface area contributed by atoms with Crippen molar-refractivity contribution in [3.8, 4) is 5.75 Å². The lowest BCUT2D eigenvalue weighted by Gasteiger charge is -2.29. The molecule has 4 heteroatoms. The third-order valence-corrected chi connectivity index (χ3v) is 3.86. The van der Waals surface area contributed by atoms with Crippen molar-refractivity contribution in [2.75, 3.05) is 7.11 Å². The lowest BCUT2D eigenvalue weighted by atomic mass is 9.92. The van der Waals surface area contributed by atoms with E-state index in [1.807, 2.05) is 6.92 Å². The molecule has 1 aliphatic rings. The number of nitrogens with one attached hydrogen (secondary N) is 1. The van der Waals surface area contributed by atoms with Gasteiger partial charge >= 0.3 is 0 Å². The Morgan fingerprint density at radius 2 is 2.00 bits per heavy atom. The Labute approximate surface area is 113 Å². The zero-order chi connectivity index (χ0) is 13.8. The number of halogens is 1. The van der Waals surface area contributed by atoms with E-state index >= 15 is 0 Å². The number of aliphatic hydroxyl groups excluding tert-OH is 1. The number of rotatable bonds is 4. The van der Waals surface area contributed by atoms with E-state index in [1.54, 1.807) is 12.1 Å². The Balaban J connectivity index is 1.97. The van der Waals surface area contributed by atoms with Crippen molar-refractivity contribution in [2.45, 2.75) is 50.8 Å². The highest BCUT2D eigenvalue weighted by Crippen LogP contribution is 2.25. The second-order valence-corrected chi connectivity index (χ2v) is 5.28. The van der Waals surface area contributed by atoms with Gasteiger partial charge in [-0.2, -0.15) is 0 Å². The number of methoxy groups -OCH3 is 1. The third kappa shape index (κ3) is 3.67. The van der Waals surface area contributed by atoms with Gasteiger partial charge in [-0.3, -0.25) is 0 Å². The summed E-state index contributed by atoms with van der Waals surface area (Å²) < 4.78 is 18.9. The Morgan fingerprint density at radius 1 is 1.32 bits per heavy atom. The van der Waals surface area contributed by atoms with Crippen LogP contribution in [0, 0.1) is 5.82 Å². The lowest BCUT2D eigenvalue weighted by molar-refractivity contribution is 0.114. The number of aliphatic hydroxyl groups is 1. The molecule has 19 heavy (non-hydrogen) atoms. The smallest absolute Gasteiger partial charge is 0.131 e. The largest absolute Gasteiger partial charge is 0.497 e. The molecule has 1 atom stereocenters. The lowest BCUT2D eigenvalue weighted by Crippen LogP contribution is -2.36. The first-order valence-corrected chi connectivity index (χ1v) is 6.87. The van der Waals surface area contributed by atoms with Crippen LogP contribution < -0.4 is 10.1 Å². The van der Waals surface area contributed by atoms with E-state index in [2.05, 4.69) is 5.32 Å². The van der Waals surface area contributed by atoms with Crippen LogP contribution >= 0.6 is 0 Å². The van der Waals surface area contributed by atoms with Crippen molar-refractivity contribution in [1.82, 2.24) is 5.32 Å². The third-order valence-electron chi connectivity index (χ3n) is 3.86. The average Bonchev–Trinajstić information content (AvgIpc) is 2.41. The van der Waals surface area contributed by atoms with E-state index in [0.717, 1.165) is 25.7 Å². The van der Waals surface area contributed by atoms with Crippen LogP contribution in [-0.2, 0) is 0 Å². The van der Waals surface area contributed by atoms with Gasteiger partial charge in [0.1, 0.15) is 11.6 Å². The molecular weight excluding hydrogens is 245 g/mol. The van der Waals surface area contributed by atoms with Crippen LogP contribution in [0.25, 0.3) is 0 Å². The summed E-state index contributed by atoms with van der Waals surface area (Å²) in [5.74, 6) is 0.296. The summed E-state index contributed by atoms with van der Waals surface area (Å²) >= 11 is 0. The molecule has 0 unspecified atom stereocenters. The van der Waals surface area contributed by atoms with Crippen LogP contribution in [0.15, 0.2) is 18.2 Å². The molecule has 0 spiro atoms. The van der Waals surface area contributed by atoms with Crippen molar-refractivity contribution >= 4 is 0 Å². The SMILES string of the molecule is COc1ccc([C@@H](C)NC2CCC(O)CC2)c(F)c1. The molecular formula is C15H22FNO2. The number of hydrogen-bond acceptors (Lipinski definition) is 3. The van der Waals surface area contributed by atoms with E-state index < -0.39 is 0 Å². The minimum atomic E-state index is -0.241. The summed E-state index contributed by atoms with van der Waals surface area (Å²) in [4.78, 5) is 0. The quantitative estimate of drug-likeness (QED) is 0.881. The summed E-state index contributed by atoms with van der Waals surface area (Å²) in [6.45, 7) is 1.97. The van der Waals surface area contributed by atoms with Gasteiger partial charge in [0.2, 0.25) is 0 Å². The van der Waals surface area contributed by atoms with Gasteiger partial charge in [-0.15, -0.1) is 0 Å². The zero-order valence-corrected chi connectivity index (χ0v) is 11.5. The van der Waals surface area contributed by atoms with E-state index in [-0.39, 0.29) is 18.0 Å². The van der Waals surface area contributed by atoms with Gasteiger partial charge in [-0.05, 0) is 38.7 Å². The van der Waals surface area contributed by atoms with E-state index in [0.29, 0.717) is 17.4 Å². The second kappa shape index (κ2) is 6.35. The molecule has 1 fully saturated rings. The molecule has 2 rings (SSSR count). The maximum atomic E-state index is 13.9. The summed E-state index contributed by atoms with van der Waals surface area (Å²) in [6.07, 6.45) is 3.39. The summed E-state index contributed by atoms with van der Waals surface area (Å²) in [5.41, 5.74) is 0.659. The highest BCUT2D eigenvalue weighted by molar-refractivity contribution is 5.30. The van der Waals surface area contributed by atoms with Crippen molar-refractivity contribution < 1.29 is 14.2 Å². The second-order valence-electron chi connectivity index (χ2n) is 5.28. The monoisotopic (exact) mass is 267 g/mol. The fourth-order valence-corrected chi connectivity index (χ4v) is 2.67. The summed E-state index contributed by atoms with van der Waals surface area (Å²) in [7, 11) is 1.53. The van der Waals surface area contributed by atoms with Crippen molar-refractivity contribution in [1.29, 1.82) is 0 Å². The Morgan fingerprint density at radius 3 is 2.58 bits per heavy atom. The molecule has 0 amide bonds. The molecule has 1 aromatic rings. The highest BCUT2D eigenvalue weighted by atomic mass is 19.1. The minimum Gasteiger partial charge on any atom is -0.497 e. The number of hydrogen-bond donors (Lipinski definition) is 2. The topological polar surface area (TPSA) is 41.5 Å². The molecule has 0 radical (unpaired) electrons. The number of benzene rings is 1. The van der Waals surface area contributed by atoms with Gasteiger partial charge in [0.15, 0.2) is 0 Å². The molecule has 1 aromatic carbocycles. The van der Waals surface area contributed by atoms with Crippen LogP contribution in [0.3, 0.4) is 0 Å². The normalized spacial score (nSPS) is 25.1. The first-order chi connectivity index (χ1) is 9.10. The fraction of sp³-hybridized carbons (Fsp3) is 0.600. The molecule has 0 heterocycles. The first kappa shape index (κ1) is 14.3. The number of ether oxygens (including phenoxy) is 1. The molecule has 1 aliphatic carbocycles. The molecule has 106 valence electrons. The van der Waals surface area contributed by atoms with Gasteiger partial charge in [-0.1, -0.05) is 6.07 Å². The Bertz CT molecular complexity index is 417. The maximum absolute atomic E-state index is 13.9. The summed E-state index contributed by atoms with van der Waals surface area (Å²) in [5, 5.41) is 12.9. The van der Waals surface area contributed by atoms with Crippen molar-refractivity contribution in [2.24, 2.45) is 0 Å². The van der Waals surface area contributed by atoms with Crippen LogP contribution in [-0.4, -0.2) is 24.4 Å². The van der Waals surface area contributed by atoms with Gasteiger partial charge in [-0.25, -0.2) is 4.39 Å². The average molecular weight is 267 g/mol. The minimum absolute atomic E-state index is 0.0360. The molecule has 0 saturated heterocycles. The standard InChI is InChI=1S/C15H22FNO2/c1-10(17-11-3-5-12(18)6-4-11)14-8-7-13(19-2)9-15(14)16/h7-12,17-18H,3-6H2,1-2H3/t10-,11?,12?/m1/s1. The maximum Gasteiger partial charge on any atom is 0.131 e. The van der Waals surface area contributed by atoms with E-state index in [4.69, 9.17) is 4.74 Å².